The van der Waals surface area contributed by atoms with Crippen LogP contribution >= 0.6 is 0 Å². The van der Waals surface area contributed by atoms with E-state index in [1.807, 2.05) is 6.08 Å². The van der Waals surface area contributed by atoms with Crippen LogP contribution in [0.4, 0.5) is 0 Å². The summed E-state index contributed by atoms with van der Waals surface area (Å²) in [5, 5.41) is 12.7. The van der Waals surface area contributed by atoms with Crippen LogP contribution in [0.3, 0.4) is 0 Å². The summed E-state index contributed by atoms with van der Waals surface area (Å²) in [4.78, 5) is 2.42. The molecule has 2 spiro atoms. The maximum atomic E-state index is 12.7. The molecule has 2 bridgehead atoms. The molecule has 204 valence electrons. The average Bonchev–Trinajstić information content (AvgIpc) is 3.45. The third-order valence-electron chi connectivity index (χ3n) is 10.7. The molecule has 6 rings (SSSR count). The topological polar surface area (TPSA) is 60.4 Å². The van der Waals surface area contributed by atoms with Crippen molar-refractivity contribution in [2.75, 3.05) is 26.3 Å². The zero-order valence-electron chi connectivity index (χ0n) is 23.5. The summed E-state index contributed by atoms with van der Waals surface area (Å²) in [5.41, 5.74) is 2.31. The van der Waals surface area contributed by atoms with E-state index in [4.69, 9.17) is 18.6 Å². The molecule has 0 radical (unpaired) electrons. The Labute approximate surface area is 223 Å². The maximum absolute atomic E-state index is 12.7. The van der Waals surface area contributed by atoms with E-state index in [0.29, 0.717) is 42.7 Å². The summed E-state index contributed by atoms with van der Waals surface area (Å²) < 4.78 is 27.1. The Balaban J connectivity index is 1.55. The van der Waals surface area contributed by atoms with Crippen LogP contribution in [0, 0.1) is 0 Å². The van der Waals surface area contributed by atoms with E-state index in [0.717, 1.165) is 37.4 Å². The SMILES string of the molecule is C=CCN1CCC23c4c5ccc(O[Si](C(C)C)(C(C)C)C(C)C)c4OC2C2(CC[C@@]3(O)C1C5)OCCO2. The fourth-order valence-electron chi connectivity index (χ4n) is 9.35. The van der Waals surface area contributed by atoms with Crippen molar-refractivity contribution in [1.29, 1.82) is 0 Å². The first-order valence-corrected chi connectivity index (χ1v) is 16.6. The molecule has 6 nitrogen and oxygen atoms in total. The molecular weight excluding hydrogens is 482 g/mol. The Morgan fingerprint density at radius 3 is 2.38 bits per heavy atom. The van der Waals surface area contributed by atoms with Gasteiger partial charge in [0.2, 0.25) is 5.79 Å². The van der Waals surface area contributed by atoms with Crippen LogP contribution in [0.25, 0.3) is 0 Å². The van der Waals surface area contributed by atoms with Gasteiger partial charge in [0, 0.05) is 24.6 Å². The minimum atomic E-state index is -2.22. The Bertz CT molecular complexity index is 1060. The zero-order chi connectivity index (χ0) is 26.4. The van der Waals surface area contributed by atoms with Gasteiger partial charge in [-0.15, -0.1) is 6.58 Å². The molecule has 1 aromatic rings. The van der Waals surface area contributed by atoms with Crippen molar-refractivity contribution >= 4 is 8.32 Å². The first kappa shape index (κ1) is 25.9. The van der Waals surface area contributed by atoms with Crippen molar-refractivity contribution in [1.82, 2.24) is 4.90 Å². The molecule has 0 amide bonds. The standard InChI is InChI=1S/C30H45NO5Si/c1-8-14-31-15-13-28-25-22-9-10-23(36-37(19(2)3,20(4)5)21(6)7)26(25)35-27(28)30(33-16-17-34-30)12-11-29(28,32)24(31)18-22/h8-10,19-21,24,27,32H,1,11-18H2,2-7H3/t24?,27?,28?,29-/m1/s1. The molecule has 4 atom stereocenters. The highest BCUT2D eigenvalue weighted by atomic mass is 28.4. The largest absolute Gasteiger partial charge is 0.540 e. The molecule has 2 aliphatic carbocycles. The summed E-state index contributed by atoms with van der Waals surface area (Å²) in [6.45, 7) is 20.7. The van der Waals surface area contributed by atoms with Crippen LogP contribution in [0.2, 0.25) is 16.6 Å². The van der Waals surface area contributed by atoms with Crippen molar-refractivity contribution in [3.63, 3.8) is 0 Å². The van der Waals surface area contributed by atoms with Gasteiger partial charge < -0.3 is 23.7 Å². The highest BCUT2D eigenvalue weighted by Gasteiger charge is 2.77. The van der Waals surface area contributed by atoms with Crippen molar-refractivity contribution < 1.29 is 23.7 Å². The molecule has 1 saturated carbocycles. The van der Waals surface area contributed by atoms with E-state index >= 15 is 0 Å². The van der Waals surface area contributed by atoms with Gasteiger partial charge in [-0.2, -0.15) is 0 Å². The summed E-state index contributed by atoms with van der Waals surface area (Å²) in [7, 11) is -2.22. The molecule has 3 fully saturated rings. The lowest BCUT2D eigenvalue weighted by molar-refractivity contribution is -0.296. The minimum absolute atomic E-state index is 0.0183. The predicted molar refractivity (Wildman–Crippen MR) is 147 cm³/mol. The van der Waals surface area contributed by atoms with Gasteiger partial charge in [-0.25, -0.2) is 0 Å². The summed E-state index contributed by atoms with van der Waals surface area (Å²) in [6, 6.07) is 4.42. The lowest BCUT2D eigenvalue weighted by atomic mass is 9.48. The number of fused-ring (bicyclic) bond motifs is 1. The summed E-state index contributed by atoms with van der Waals surface area (Å²) in [5.74, 6) is 0.883. The first-order valence-electron chi connectivity index (χ1n) is 14.4. The fourth-order valence-corrected chi connectivity index (χ4v) is 14.6. The zero-order valence-corrected chi connectivity index (χ0v) is 24.5. The van der Waals surface area contributed by atoms with E-state index in [1.54, 1.807) is 0 Å². The number of ether oxygens (including phenoxy) is 3. The third-order valence-corrected chi connectivity index (χ3v) is 16.7. The second-order valence-corrected chi connectivity index (χ2v) is 18.4. The molecule has 5 aliphatic rings. The molecule has 0 aromatic heterocycles. The molecule has 37 heavy (non-hydrogen) atoms. The van der Waals surface area contributed by atoms with Gasteiger partial charge in [-0.05, 0) is 54.1 Å². The lowest BCUT2D eigenvalue weighted by Gasteiger charge is -2.65. The second kappa shape index (κ2) is 8.56. The van der Waals surface area contributed by atoms with Crippen LogP contribution in [-0.4, -0.2) is 68.2 Å². The van der Waals surface area contributed by atoms with Gasteiger partial charge >= 0.3 is 0 Å². The Hall–Kier alpha value is -1.38. The van der Waals surface area contributed by atoms with Crippen LogP contribution in [0.1, 0.15) is 71.9 Å². The molecule has 2 saturated heterocycles. The molecule has 1 N–H and O–H groups in total. The summed E-state index contributed by atoms with van der Waals surface area (Å²) in [6.07, 6.45) is 4.46. The van der Waals surface area contributed by atoms with Crippen molar-refractivity contribution in [3.8, 4) is 11.5 Å². The quantitative estimate of drug-likeness (QED) is 0.382. The van der Waals surface area contributed by atoms with E-state index in [9.17, 15) is 5.11 Å². The van der Waals surface area contributed by atoms with Crippen LogP contribution in [-0.2, 0) is 21.3 Å². The first-order chi connectivity index (χ1) is 17.6. The molecule has 3 unspecified atom stereocenters. The normalized spacial score (nSPS) is 33.8. The van der Waals surface area contributed by atoms with Crippen LogP contribution in [0.15, 0.2) is 24.8 Å². The Kier molecular flexibility index (Phi) is 5.98. The van der Waals surface area contributed by atoms with Gasteiger partial charge in [0.15, 0.2) is 11.9 Å². The monoisotopic (exact) mass is 527 g/mol. The van der Waals surface area contributed by atoms with Gasteiger partial charge in [0.05, 0.1) is 24.2 Å². The predicted octanol–water partition coefficient (Wildman–Crippen LogP) is 5.32. The highest BCUT2D eigenvalue weighted by molar-refractivity contribution is 6.78. The average molecular weight is 528 g/mol. The fraction of sp³-hybridized carbons (Fsp3) is 0.733. The van der Waals surface area contributed by atoms with E-state index in [2.05, 4.69) is 65.2 Å². The van der Waals surface area contributed by atoms with Crippen LogP contribution in [0.5, 0.6) is 11.5 Å². The van der Waals surface area contributed by atoms with Gasteiger partial charge in [-0.1, -0.05) is 53.7 Å². The van der Waals surface area contributed by atoms with E-state index in [1.165, 1.54) is 11.1 Å². The lowest BCUT2D eigenvalue weighted by Crippen LogP contribution is -2.79. The van der Waals surface area contributed by atoms with Gasteiger partial charge in [0.1, 0.15) is 5.75 Å². The molecule has 3 heterocycles. The maximum Gasteiger partial charge on any atom is 0.258 e. The van der Waals surface area contributed by atoms with Gasteiger partial charge in [0.25, 0.3) is 8.32 Å². The molecule has 7 heteroatoms. The Morgan fingerprint density at radius 2 is 1.76 bits per heavy atom. The highest BCUT2D eigenvalue weighted by Crippen LogP contribution is 2.68. The number of hydrogen-bond acceptors (Lipinski definition) is 6. The smallest absolute Gasteiger partial charge is 0.258 e. The van der Waals surface area contributed by atoms with Gasteiger partial charge in [-0.3, -0.25) is 4.90 Å². The summed E-state index contributed by atoms with van der Waals surface area (Å²) >= 11 is 0. The van der Waals surface area contributed by atoms with Crippen LogP contribution < -0.4 is 9.16 Å². The number of nitrogens with zero attached hydrogens (tertiary/aromatic N) is 1. The molecule has 1 aromatic carbocycles. The van der Waals surface area contributed by atoms with E-state index < -0.39 is 25.1 Å². The number of piperidine rings is 1. The number of hydrogen-bond donors (Lipinski definition) is 1. The van der Waals surface area contributed by atoms with Crippen molar-refractivity contribution in [2.45, 2.75) is 113 Å². The number of likely N-dealkylation sites (tertiary alicyclic amines) is 1. The van der Waals surface area contributed by atoms with E-state index in [-0.39, 0.29) is 12.1 Å². The third kappa shape index (κ3) is 3.12. The second-order valence-electron chi connectivity index (χ2n) is 13.0. The number of benzene rings is 1. The minimum Gasteiger partial charge on any atom is -0.540 e. The molecule has 3 aliphatic heterocycles. The van der Waals surface area contributed by atoms with Crippen molar-refractivity contribution in [3.05, 3.63) is 35.9 Å². The van der Waals surface area contributed by atoms with Crippen molar-refractivity contribution in [2.24, 2.45) is 0 Å². The number of rotatable bonds is 7. The molecular formula is C30H45NO5Si. The Morgan fingerprint density at radius 1 is 1.08 bits per heavy atom. The number of aliphatic hydroxyl groups is 1.